The summed E-state index contributed by atoms with van der Waals surface area (Å²) in [7, 11) is 1.32. The van der Waals surface area contributed by atoms with Crippen molar-refractivity contribution in [1.29, 1.82) is 0 Å². The van der Waals surface area contributed by atoms with Gasteiger partial charge in [-0.25, -0.2) is 9.37 Å². The summed E-state index contributed by atoms with van der Waals surface area (Å²) in [5, 5.41) is 7.08. The molecule has 0 spiro atoms. The number of halogens is 4. The SMILES string of the molecule is COC(=O)[C@H]1C[C@@H](n2cc3cc(NC(=O)c4cccc(C(F)(F)F)n4)c(F)cc3n2)C1. The molecule has 11 heteroatoms. The quantitative estimate of drug-likeness (QED) is 0.494. The number of pyridine rings is 1. The average Bonchev–Trinajstić information content (AvgIpc) is 3.08. The summed E-state index contributed by atoms with van der Waals surface area (Å²) >= 11 is 0. The maximum atomic E-state index is 14.5. The van der Waals surface area contributed by atoms with Crippen LogP contribution in [-0.2, 0) is 15.7 Å². The number of ether oxygens (including phenoxy) is 1. The van der Waals surface area contributed by atoms with Crippen molar-refractivity contribution < 1.29 is 31.9 Å². The molecule has 0 bridgehead atoms. The third-order valence-corrected chi connectivity index (χ3v) is 5.15. The molecule has 3 aromatic rings. The summed E-state index contributed by atoms with van der Waals surface area (Å²) in [6.07, 6.45) is -1.95. The van der Waals surface area contributed by atoms with E-state index in [0.717, 1.165) is 24.3 Å². The van der Waals surface area contributed by atoms with Gasteiger partial charge in [-0.1, -0.05) is 6.07 Å². The first-order valence-corrected chi connectivity index (χ1v) is 9.27. The molecule has 0 saturated heterocycles. The molecule has 2 aromatic heterocycles. The Morgan fingerprint density at radius 2 is 1.97 bits per heavy atom. The second kappa shape index (κ2) is 7.64. The van der Waals surface area contributed by atoms with Gasteiger partial charge in [-0.15, -0.1) is 0 Å². The van der Waals surface area contributed by atoms with Crippen LogP contribution in [0.2, 0.25) is 0 Å². The number of carbonyl (C=O) groups is 2. The van der Waals surface area contributed by atoms with Gasteiger partial charge in [-0.05, 0) is 31.0 Å². The first-order chi connectivity index (χ1) is 14.7. The maximum absolute atomic E-state index is 14.5. The number of hydrogen-bond acceptors (Lipinski definition) is 5. The maximum Gasteiger partial charge on any atom is 0.433 e. The topological polar surface area (TPSA) is 86.1 Å². The van der Waals surface area contributed by atoms with E-state index in [1.165, 1.54) is 13.2 Å². The van der Waals surface area contributed by atoms with Crippen LogP contribution < -0.4 is 5.32 Å². The van der Waals surface area contributed by atoms with Crippen LogP contribution in [0.25, 0.3) is 10.9 Å². The van der Waals surface area contributed by atoms with E-state index in [0.29, 0.717) is 23.7 Å². The molecule has 0 unspecified atom stereocenters. The van der Waals surface area contributed by atoms with Crippen molar-refractivity contribution in [2.45, 2.75) is 25.1 Å². The number of nitrogens with one attached hydrogen (secondary N) is 1. The number of aromatic nitrogens is 3. The van der Waals surface area contributed by atoms with E-state index in [-0.39, 0.29) is 23.6 Å². The van der Waals surface area contributed by atoms with Gasteiger partial charge in [0.15, 0.2) is 0 Å². The van der Waals surface area contributed by atoms with Crippen LogP contribution in [-0.4, -0.2) is 33.8 Å². The Hall–Kier alpha value is -3.50. The zero-order chi connectivity index (χ0) is 22.3. The molecule has 1 amide bonds. The number of fused-ring (bicyclic) bond motifs is 1. The van der Waals surface area contributed by atoms with Gasteiger partial charge < -0.3 is 10.1 Å². The average molecular weight is 436 g/mol. The Bertz CT molecular complexity index is 1170. The molecule has 0 atom stereocenters. The molecule has 0 aliphatic heterocycles. The predicted octanol–water partition coefficient (Wildman–Crippen LogP) is 3.97. The molecule has 1 aromatic carbocycles. The molecule has 0 radical (unpaired) electrons. The van der Waals surface area contributed by atoms with Crippen molar-refractivity contribution in [3.8, 4) is 0 Å². The number of alkyl halides is 3. The number of nitrogens with zero attached hydrogens (tertiary/aromatic N) is 3. The second-order valence-corrected chi connectivity index (χ2v) is 7.21. The lowest BCUT2D eigenvalue weighted by Crippen LogP contribution is -2.33. The van der Waals surface area contributed by atoms with Crippen molar-refractivity contribution in [3.05, 3.63) is 53.7 Å². The van der Waals surface area contributed by atoms with E-state index >= 15 is 0 Å². The highest BCUT2D eigenvalue weighted by Gasteiger charge is 2.37. The Morgan fingerprint density at radius 1 is 1.23 bits per heavy atom. The number of methoxy groups -OCH3 is 1. The van der Waals surface area contributed by atoms with Gasteiger partial charge in [0, 0.05) is 17.6 Å². The fourth-order valence-corrected chi connectivity index (χ4v) is 3.42. The Morgan fingerprint density at radius 3 is 2.65 bits per heavy atom. The molecule has 1 aliphatic carbocycles. The number of carbonyl (C=O) groups excluding carboxylic acids is 2. The highest BCUT2D eigenvalue weighted by molar-refractivity contribution is 6.03. The summed E-state index contributed by atoms with van der Waals surface area (Å²) in [6, 6.07) is 5.32. The predicted molar refractivity (Wildman–Crippen MR) is 101 cm³/mol. The number of hydrogen-bond donors (Lipinski definition) is 1. The summed E-state index contributed by atoms with van der Waals surface area (Å²) in [5.74, 6) is -2.25. The van der Waals surface area contributed by atoms with Crippen molar-refractivity contribution >= 4 is 28.5 Å². The number of anilines is 1. The van der Waals surface area contributed by atoms with E-state index in [1.807, 2.05) is 0 Å². The molecule has 4 rings (SSSR count). The first kappa shape index (κ1) is 20.8. The number of benzene rings is 1. The van der Waals surface area contributed by atoms with E-state index in [9.17, 15) is 27.2 Å². The third-order valence-electron chi connectivity index (χ3n) is 5.15. The van der Waals surface area contributed by atoms with Gasteiger partial charge in [0.2, 0.25) is 0 Å². The number of esters is 1. The lowest BCUT2D eigenvalue weighted by Gasteiger charge is -2.33. The van der Waals surface area contributed by atoms with Gasteiger partial charge >= 0.3 is 12.1 Å². The monoisotopic (exact) mass is 436 g/mol. The van der Waals surface area contributed by atoms with Crippen LogP contribution in [0.15, 0.2) is 36.5 Å². The summed E-state index contributed by atoms with van der Waals surface area (Å²) in [4.78, 5) is 27.1. The molecular weight excluding hydrogens is 420 g/mol. The molecule has 1 N–H and O–H groups in total. The fourth-order valence-electron chi connectivity index (χ4n) is 3.42. The lowest BCUT2D eigenvalue weighted by atomic mass is 9.80. The normalized spacial score (nSPS) is 18.5. The zero-order valence-corrected chi connectivity index (χ0v) is 16.1. The molecule has 2 heterocycles. The molecule has 31 heavy (non-hydrogen) atoms. The fraction of sp³-hybridized carbons (Fsp3) is 0.300. The largest absolute Gasteiger partial charge is 0.469 e. The first-order valence-electron chi connectivity index (χ1n) is 9.27. The van der Waals surface area contributed by atoms with Crippen molar-refractivity contribution in [2.75, 3.05) is 12.4 Å². The lowest BCUT2D eigenvalue weighted by molar-refractivity contribution is -0.149. The third kappa shape index (κ3) is 4.07. The second-order valence-electron chi connectivity index (χ2n) is 7.21. The molecule has 7 nitrogen and oxygen atoms in total. The van der Waals surface area contributed by atoms with E-state index < -0.39 is 29.3 Å². The van der Waals surface area contributed by atoms with Crippen LogP contribution in [0.4, 0.5) is 23.2 Å². The minimum Gasteiger partial charge on any atom is -0.469 e. The van der Waals surface area contributed by atoms with Crippen molar-refractivity contribution in [2.24, 2.45) is 5.92 Å². The van der Waals surface area contributed by atoms with E-state index in [1.54, 1.807) is 10.9 Å². The smallest absolute Gasteiger partial charge is 0.433 e. The Kier molecular flexibility index (Phi) is 5.11. The number of amides is 1. The van der Waals surface area contributed by atoms with Crippen LogP contribution in [0.5, 0.6) is 0 Å². The van der Waals surface area contributed by atoms with Crippen LogP contribution >= 0.6 is 0 Å². The summed E-state index contributed by atoms with van der Waals surface area (Å²) in [5.41, 5.74) is -1.58. The molecule has 1 aliphatic rings. The summed E-state index contributed by atoms with van der Waals surface area (Å²) < 4.78 is 59.2. The van der Waals surface area contributed by atoms with Crippen molar-refractivity contribution in [3.63, 3.8) is 0 Å². The van der Waals surface area contributed by atoms with Crippen molar-refractivity contribution in [1.82, 2.24) is 14.8 Å². The van der Waals surface area contributed by atoms with Gasteiger partial charge in [0.1, 0.15) is 17.2 Å². The molecule has 1 saturated carbocycles. The van der Waals surface area contributed by atoms with Crippen LogP contribution in [0.1, 0.15) is 35.1 Å². The minimum absolute atomic E-state index is 0.0353. The van der Waals surface area contributed by atoms with E-state index in [2.05, 4.69) is 15.4 Å². The van der Waals surface area contributed by atoms with Gasteiger partial charge in [-0.3, -0.25) is 14.3 Å². The summed E-state index contributed by atoms with van der Waals surface area (Å²) in [6.45, 7) is 0. The van der Waals surface area contributed by atoms with Crippen LogP contribution in [0.3, 0.4) is 0 Å². The highest BCUT2D eigenvalue weighted by Crippen LogP contribution is 2.39. The van der Waals surface area contributed by atoms with E-state index in [4.69, 9.17) is 4.74 Å². The van der Waals surface area contributed by atoms with Crippen LogP contribution in [0, 0.1) is 11.7 Å². The Balaban J connectivity index is 1.53. The molecule has 162 valence electrons. The van der Waals surface area contributed by atoms with Gasteiger partial charge in [0.25, 0.3) is 5.91 Å². The molecule has 1 fully saturated rings. The molecular formula is C20H16F4N4O3. The zero-order valence-electron chi connectivity index (χ0n) is 16.1. The van der Waals surface area contributed by atoms with Gasteiger partial charge in [-0.2, -0.15) is 18.3 Å². The standard InChI is InChI=1S/C20H16F4N4O3/c1-31-19(30)10-5-12(6-10)28-9-11-7-16(13(21)8-15(11)27-28)26-18(29)14-3-2-4-17(25-14)20(22,23)24/h2-4,7-10,12H,5-6H2,1H3,(H,26,29)/t10-,12+. The minimum atomic E-state index is -4.70. The van der Waals surface area contributed by atoms with Gasteiger partial charge in [0.05, 0.1) is 30.3 Å². The highest BCUT2D eigenvalue weighted by atomic mass is 19.4. The number of rotatable bonds is 4. The Labute approximate surface area is 173 Å².